The summed E-state index contributed by atoms with van der Waals surface area (Å²) in [6.07, 6.45) is 1.13. The highest BCUT2D eigenvalue weighted by atomic mass is 35.5. The Balaban J connectivity index is 1.72. The fraction of sp³-hybridized carbons (Fsp3) is 0.176. The number of thiazole rings is 1. The molecular weight excluding hydrogens is 413 g/mol. The number of amides is 1. The Hall–Kier alpha value is -2.23. The molecule has 27 heavy (non-hydrogen) atoms. The lowest BCUT2D eigenvalue weighted by atomic mass is 10.2. The molecule has 4 rings (SSSR count). The molecule has 3 aromatic rings. The van der Waals surface area contributed by atoms with Crippen molar-refractivity contribution in [3.8, 4) is 0 Å². The van der Waals surface area contributed by atoms with Gasteiger partial charge in [-0.05, 0) is 18.2 Å². The average molecular weight is 424 g/mol. The third kappa shape index (κ3) is 3.62. The number of halogens is 2. The molecule has 0 bridgehead atoms. The number of anilines is 1. The number of aromatic nitrogens is 2. The van der Waals surface area contributed by atoms with Crippen molar-refractivity contribution in [2.45, 2.75) is 23.1 Å². The molecule has 3 heterocycles. The number of fused-ring (bicyclic) bond motifs is 2. The van der Waals surface area contributed by atoms with Crippen LogP contribution in [-0.2, 0) is 16.1 Å². The first kappa shape index (κ1) is 18.1. The largest absolute Gasteiger partial charge is 0.481 e. The van der Waals surface area contributed by atoms with Gasteiger partial charge in [0.1, 0.15) is 16.6 Å². The molecule has 0 fully saturated rings. The Morgan fingerprint density at radius 1 is 1.37 bits per heavy atom. The molecule has 1 unspecified atom stereocenters. The van der Waals surface area contributed by atoms with Crippen LogP contribution in [-0.4, -0.2) is 32.2 Å². The van der Waals surface area contributed by atoms with Crippen molar-refractivity contribution in [2.75, 3.05) is 4.90 Å². The van der Waals surface area contributed by atoms with E-state index in [9.17, 15) is 14.0 Å². The van der Waals surface area contributed by atoms with Gasteiger partial charge in [0.25, 0.3) is 0 Å². The summed E-state index contributed by atoms with van der Waals surface area (Å²) < 4.78 is 14.2. The van der Waals surface area contributed by atoms with Crippen molar-refractivity contribution in [2.24, 2.45) is 0 Å². The van der Waals surface area contributed by atoms with Crippen LogP contribution in [0.15, 0.2) is 35.4 Å². The van der Waals surface area contributed by atoms with Crippen molar-refractivity contribution in [3.05, 3.63) is 46.3 Å². The lowest BCUT2D eigenvalue weighted by Crippen LogP contribution is -2.42. The van der Waals surface area contributed by atoms with E-state index in [1.807, 2.05) is 0 Å². The second-order valence-corrected chi connectivity index (χ2v) is 8.62. The van der Waals surface area contributed by atoms with Crippen molar-refractivity contribution in [1.82, 2.24) is 9.97 Å². The third-order valence-electron chi connectivity index (χ3n) is 3.91. The number of carboxylic acids is 1. The zero-order valence-corrected chi connectivity index (χ0v) is 15.9. The van der Waals surface area contributed by atoms with Crippen LogP contribution < -0.4 is 4.90 Å². The lowest BCUT2D eigenvalue weighted by Gasteiger charge is -2.31. The Labute approximate surface area is 166 Å². The van der Waals surface area contributed by atoms with E-state index in [1.54, 1.807) is 12.1 Å². The Morgan fingerprint density at radius 3 is 2.96 bits per heavy atom. The second kappa shape index (κ2) is 7.06. The standard InChI is InChI=1S/C17H11ClFN3O3S2/c18-8-3-12-16(20-6-8)22(17(25)13(26-12)5-15(23)24)7-14-21-10-4-9(19)1-2-11(10)27-14/h1-4,6,13H,5,7H2,(H,23,24). The van der Waals surface area contributed by atoms with E-state index in [1.165, 1.54) is 34.6 Å². The van der Waals surface area contributed by atoms with Gasteiger partial charge in [-0.15, -0.1) is 23.1 Å². The molecule has 0 saturated carbocycles. The maximum absolute atomic E-state index is 13.4. The number of rotatable bonds is 4. The molecule has 138 valence electrons. The summed E-state index contributed by atoms with van der Waals surface area (Å²) in [6, 6.07) is 5.99. The highest BCUT2D eigenvalue weighted by molar-refractivity contribution is 8.01. The van der Waals surface area contributed by atoms with Gasteiger partial charge in [-0.1, -0.05) is 11.6 Å². The number of pyridine rings is 1. The first-order valence-corrected chi connectivity index (χ1v) is 9.88. The molecule has 0 aliphatic carbocycles. The summed E-state index contributed by atoms with van der Waals surface area (Å²) in [5.74, 6) is -1.38. The van der Waals surface area contributed by atoms with Gasteiger partial charge in [-0.25, -0.2) is 14.4 Å². The van der Waals surface area contributed by atoms with Crippen LogP contribution in [0.1, 0.15) is 11.4 Å². The molecule has 6 nitrogen and oxygen atoms in total. The van der Waals surface area contributed by atoms with E-state index in [-0.39, 0.29) is 24.7 Å². The number of hydrogen-bond acceptors (Lipinski definition) is 6. The van der Waals surface area contributed by atoms with Gasteiger partial charge in [0.15, 0.2) is 0 Å². The Kier molecular flexibility index (Phi) is 4.75. The van der Waals surface area contributed by atoms with E-state index in [0.29, 0.717) is 26.3 Å². The number of hydrogen-bond donors (Lipinski definition) is 1. The van der Waals surface area contributed by atoms with E-state index in [2.05, 4.69) is 9.97 Å². The minimum absolute atomic E-state index is 0.123. The zero-order valence-electron chi connectivity index (χ0n) is 13.6. The molecule has 0 radical (unpaired) electrons. The average Bonchev–Trinajstić information content (AvgIpc) is 2.99. The summed E-state index contributed by atoms with van der Waals surface area (Å²) in [6.45, 7) is 0.123. The number of aliphatic carboxylic acids is 1. The molecule has 1 aliphatic rings. The van der Waals surface area contributed by atoms with Gasteiger partial charge in [0.05, 0.1) is 38.4 Å². The normalized spacial score (nSPS) is 16.6. The van der Waals surface area contributed by atoms with E-state index in [0.717, 1.165) is 16.5 Å². The molecule has 1 aliphatic heterocycles. The number of carbonyl (C=O) groups excluding carboxylic acids is 1. The topological polar surface area (TPSA) is 83.4 Å². The molecule has 0 spiro atoms. The monoisotopic (exact) mass is 423 g/mol. The SMILES string of the molecule is O=C(O)CC1Sc2cc(Cl)cnc2N(Cc2nc3cc(F)ccc3s2)C1=O. The summed E-state index contributed by atoms with van der Waals surface area (Å²) in [7, 11) is 0. The fourth-order valence-corrected chi connectivity index (χ4v) is 5.16. The molecule has 1 N–H and O–H groups in total. The summed E-state index contributed by atoms with van der Waals surface area (Å²) in [5.41, 5.74) is 0.514. The van der Waals surface area contributed by atoms with Crippen LogP contribution >= 0.6 is 34.7 Å². The Morgan fingerprint density at radius 2 is 2.19 bits per heavy atom. The van der Waals surface area contributed by atoms with Gasteiger partial charge >= 0.3 is 5.97 Å². The fourth-order valence-electron chi connectivity index (χ4n) is 2.78. The van der Waals surface area contributed by atoms with Crippen LogP contribution in [0, 0.1) is 5.82 Å². The van der Waals surface area contributed by atoms with Crippen molar-refractivity contribution < 1.29 is 19.1 Å². The highest BCUT2D eigenvalue weighted by Gasteiger charge is 2.36. The zero-order chi connectivity index (χ0) is 19.1. The van der Waals surface area contributed by atoms with E-state index >= 15 is 0 Å². The van der Waals surface area contributed by atoms with Gasteiger partial charge < -0.3 is 5.11 Å². The van der Waals surface area contributed by atoms with Crippen LogP contribution in [0.25, 0.3) is 10.2 Å². The number of benzene rings is 1. The van der Waals surface area contributed by atoms with Gasteiger partial charge in [0, 0.05) is 12.3 Å². The van der Waals surface area contributed by atoms with Crippen molar-refractivity contribution in [3.63, 3.8) is 0 Å². The van der Waals surface area contributed by atoms with Gasteiger partial charge in [0.2, 0.25) is 5.91 Å². The number of thioether (sulfide) groups is 1. The minimum Gasteiger partial charge on any atom is -0.481 e. The van der Waals surface area contributed by atoms with Crippen molar-refractivity contribution in [1.29, 1.82) is 0 Å². The molecule has 1 amide bonds. The Bertz CT molecular complexity index is 1070. The summed E-state index contributed by atoms with van der Waals surface area (Å²) in [5, 5.41) is 9.34. The van der Waals surface area contributed by atoms with E-state index < -0.39 is 11.2 Å². The van der Waals surface area contributed by atoms with Crippen LogP contribution in [0.3, 0.4) is 0 Å². The van der Waals surface area contributed by atoms with Crippen LogP contribution in [0.4, 0.5) is 10.2 Å². The molecule has 2 aromatic heterocycles. The number of carbonyl (C=O) groups is 2. The molecule has 1 atom stereocenters. The predicted octanol–water partition coefficient (Wildman–Crippen LogP) is 3.97. The second-order valence-electron chi connectivity index (χ2n) is 5.82. The highest BCUT2D eigenvalue weighted by Crippen LogP contribution is 2.41. The summed E-state index contributed by atoms with van der Waals surface area (Å²) >= 11 is 8.49. The predicted molar refractivity (Wildman–Crippen MR) is 102 cm³/mol. The molecule has 0 saturated heterocycles. The van der Waals surface area contributed by atoms with E-state index in [4.69, 9.17) is 16.7 Å². The van der Waals surface area contributed by atoms with Crippen molar-refractivity contribution >= 4 is 62.6 Å². The summed E-state index contributed by atoms with van der Waals surface area (Å²) in [4.78, 5) is 34.7. The number of nitrogens with zero attached hydrogens (tertiary/aromatic N) is 3. The first-order valence-electron chi connectivity index (χ1n) is 7.81. The maximum atomic E-state index is 13.4. The lowest BCUT2D eigenvalue weighted by molar-refractivity contribution is -0.138. The van der Waals surface area contributed by atoms with Gasteiger partial charge in [-0.2, -0.15) is 0 Å². The molecule has 10 heteroatoms. The molecule has 1 aromatic carbocycles. The quantitative estimate of drug-likeness (QED) is 0.683. The maximum Gasteiger partial charge on any atom is 0.305 e. The van der Waals surface area contributed by atoms with Crippen LogP contribution in [0.2, 0.25) is 5.02 Å². The minimum atomic E-state index is -1.06. The molecular formula is C17H11ClFN3O3S2. The van der Waals surface area contributed by atoms with Crippen LogP contribution in [0.5, 0.6) is 0 Å². The van der Waals surface area contributed by atoms with Gasteiger partial charge in [-0.3, -0.25) is 14.5 Å². The first-order chi connectivity index (χ1) is 12.9. The smallest absolute Gasteiger partial charge is 0.305 e. The number of carboxylic acid groups (broad SMARTS) is 1. The third-order valence-corrected chi connectivity index (χ3v) is 6.35.